The Bertz CT molecular complexity index is 389. The molecular weight excluding hydrogens is 202 g/mol. The summed E-state index contributed by atoms with van der Waals surface area (Å²) in [6, 6.07) is 7.85. The molecule has 5 heteroatoms. The molecule has 5 nitrogen and oxygen atoms in total. The fourth-order valence-corrected chi connectivity index (χ4v) is 1.36. The third kappa shape index (κ3) is 2.98. The number of aryl methyl sites for hydroxylation is 1. The quantitative estimate of drug-likeness (QED) is 0.512. The largest absolute Gasteiger partial charge is 0.370 e. The van der Waals surface area contributed by atoms with Gasteiger partial charge in [0.2, 0.25) is 5.96 Å². The van der Waals surface area contributed by atoms with Crippen molar-refractivity contribution in [3.05, 3.63) is 29.8 Å². The van der Waals surface area contributed by atoms with E-state index in [0.717, 1.165) is 5.69 Å². The number of benzene rings is 1. The Morgan fingerprint density at radius 3 is 2.31 bits per heavy atom. The van der Waals surface area contributed by atoms with E-state index in [0.29, 0.717) is 6.54 Å². The Labute approximate surface area is 95.3 Å². The van der Waals surface area contributed by atoms with E-state index in [2.05, 4.69) is 4.99 Å². The summed E-state index contributed by atoms with van der Waals surface area (Å²) in [5.74, 6) is -0.0538. The Hall–Kier alpha value is -2.04. The minimum atomic E-state index is -0.101. The molecule has 0 aromatic heterocycles. The number of anilines is 1. The standard InChI is InChI=1S/C11H17N5/c1-3-16(11(14)15-10(12)13)9-6-4-8(2)5-7-9/h4-7H,3H2,1-2H3,(H5,12,13,14,15). The number of nitrogens with two attached hydrogens (primary N) is 2. The molecule has 0 radical (unpaired) electrons. The lowest BCUT2D eigenvalue weighted by Gasteiger charge is -2.20. The first-order valence-electron chi connectivity index (χ1n) is 5.07. The van der Waals surface area contributed by atoms with Crippen LogP contribution in [0.2, 0.25) is 0 Å². The average molecular weight is 219 g/mol. The zero-order valence-electron chi connectivity index (χ0n) is 9.57. The van der Waals surface area contributed by atoms with Crippen LogP contribution in [0.4, 0.5) is 5.69 Å². The molecule has 0 spiro atoms. The third-order valence-corrected chi connectivity index (χ3v) is 2.15. The van der Waals surface area contributed by atoms with E-state index in [4.69, 9.17) is 16.9 Å². The molecule has 0 saturated carbocycles. The maximum atomic E-state index is 7.75. The number of nitrogens with one attached hydrogen (secondary N) is 1. The van der Waals surface area contributed by atoms with Crippen LogP contribution in [0.15, 0.2) is 29.3 Å². The molecular formula is C11H17N5. The minimum absolute atomic E-state index is 0.0475. The molecule has 0 aliphatic rings. The van der Waals surface area contributed by atoms with E-state index in [1.165, 1.54) is 5.56 Å². The van der Waals surface area contributed by atoms with E-state index >= 15 is 0 Å². The number of aliphatic imine (C=N–C) groups is 1. The Balaban J connectivity index is 2.94. The van der Waals surface area contributed by atoms with Crippen molar-refractivity contribution in [3.63, 3.8) is 0 Å². The molecule has 0 unspecified atom stereocenters. The molecule has 86 valence electrons. The van der Waals surface area contributed by atoms with Gasteiger partial charge in [-0.1, -0.05) is 17.7 Å². The van der Waals surface area contributed by atoms with Crippen molar-refractivity contribution >= 4 is 17.6 Å². The highest BCUT2D eigenvalue weighted by Crippen LogP contribution is 2.15. The highest BCUT2D eigenvalue weighted by Gasteiger charge is 2.08. The molecule has 0 bridgehead atoms. The van der Waals surface area contributed by atoms with Crippen molar-refractivity contribution in [1.82, 2.24) is 0 Å². The first-order valence-corrected chi connectivity index (χ1v) is 5.07. The van der Waals surface area contributed by atoms with Crippen molar-refractivity contribution in [3.8, 4) is 0 Å². The molecule has 0 heterocycles. The normalized spacial score (nSPS) is 9.62. The number of hydrogen-bond acceptors (Lipinski definition) is 1. The van der Waals surface area contributed by atoms with Gasteiger partial charge in [0.1, 0.15) is 0 Å². The Morgan fingerprint density at radius 1 is 1.31 bits per heavy atom. The second kappa shape index (κ2) is 5.16. The van der Waals surface area contributed by atoms with Crippen LogP contribution in [0.25, 0.3) is 0 Å². The number of nitrogens with zero attached hydrogens (tertiary/aromatic N) is 2. The zero-order chi connectivity index (χ0) is 12.1. The number of hydrogen-bond donors (Lipinski definition) is 3. The smallest absolute Gasteiger partial charge is 0.225 e. The number of rotatable bonds is 2. The van der Waals surface area contributed by atoms with Gasteiger partial charge < -0.3 is 16.4 Å². The van der Waals surface area contributed by atoms with Crippen molar-refractivity contribution in [2.24, 2.45) is 16.5 Å². The lowest BCUT2D eigenvalue weighted by molar-refractivity contribution is 1.03. The zero-order valence-corrected chi connectivity index (χ0v) is 9.57. The lowest BCUT2D eigenvalue weighted by atomic mass is 10.2. The van der Waals surface area contributed by atoms with Gasteiger partial charge in [-0.15, -0.1) is 0 Å². The van der Waals surface area contributed by atoms with Gasteiger partial charge in [0, 0.05) is 12.2 Å². The van der Waals surface area contributed by atoms with Crippen molar-refractivity contribution < 1.29 is 0 Å². The van der Waals surface area contributed by atoms with E-state index in [9.17, 15) is 0 Å². The molecule has 0 amide bonds. The molecule has 1 aromatic carbocycles. The van der Waals surface area contributed by atoms with Crippen molar-refractivity contribution in [1.29, 1.82) is 5.41 Å². The van der Waals surface area contributed by atoms with E-state index in [-0.39, 0.29) is 11.9 Å². The summed E-state index contributed by atoms with van der Waals surface area (Å²) >= 11 is 0. The van der Waals surface area contributed by atoms with Crippen LogP contribution in [0.5, 0.6) is 0 Å². The topological polar surface area (TPSA) is 91.5 Å². The SMILES string of the molecule is CCN(C(=N)N=C(N)N)c1ccc(C)cc1. The van der Waals surface area contributed by atoms with Crippen molar-refractivity contribution in [2.75, 3.05) is 11.4 Å². The highest BCUT2D eigenvalue weighted by atomic mass is 15.3. The molecule has 0 aliphatic heterocycles. The second-order valence-corrected chi connectivity index (χ2v) is 3.44. The fraction of sp³-hybridized carbons (Fsp3) is 0.273. The molecule has 0 aliphatic carbocycles. The molecule has 1 rings (SSSR count). The molecule has 5 N–H and O–H groups in total. The molecule has 16 heavy (non-hydrogen) atoms. The van der Waals surface area contributed by atoms with Gasteiger partial charge in [-0.3, -0.25) is 5.41 Å². The Kier molecular flexibility index (Phi) is 3.88. The van der Waals surface area contributed by atoms with Crippen LogP contribution >= 0.6 is 0 Å². The fourth-order valence-electron chi connectivity index (χ4n) is 1.36. The minimum Gasteiger partial charge on any atom is -0.370 e. The van der Waals surface area contributed by atoms with Crippen LogP contribution in [0.3, 0.4) is 0 Å². The molecule has 0 atom stereocenters. The van der Waals surface area contributed by atoms with E-state index in [1.807, 2.05) is 38.1 Å². The summed E-state index contributed by atoms with van der Waals surface area (Å²) in [5, 5.41) is 7.75. The summed E-state index contributed by atoms with van der Waals surface area (Å²) in [7, 11) is 0. The summed E-state index contributed by atoms with van der Waals surface area (Å²) in [4.78, 5) is 5.45. The molecule has 0 fully saturated rings. The van der Waals surface area contributed by atoms with E-state index in [1.54, 1.807) is 4.90 Å². The van der Waals surface area contributed by atoms with Gasteiger partial charge >= 0.3 is 0 Å². The van der Waals surface area contributed by atoms with Crippen LogP contribution < -0.4 is 16.4 Å². The maximum Gasteiger partial charge on any atom is 0.225 e. The van der Waals surface area contributed by atoms with Crippen molar-refractivity contribution in [2.45, 2.75) is 13.8 Å². The van der Waals surface area contributed by atoms with Gasteiger partial charge in [-0.2, -0.15) is 4.99 Å². The van der Waals surface area contributed by atoms with Gasteiger partial charge in [0.15, 0.2) is 5.96 Å². The second-order valence-electron chi connectivity index (χ2n) is 3.44. The van der Waals surface area contributed by atoms with Gasteiger partial charge in [-0.25, -0.2) is 0 Å². The van der Waals surface area contributed by atoms with Gasteiger partial charge in [-0.05, 0) is 26.0 Å². The van der Waals surface area contributed by atoms with Gasteiger partial charge in [0.25, 0.3) is 0 Å². The first kappa shape index (κ1) is 12.0. The third-order valence-electron chi connectivity index (χ3n) is 2.15. The van der Waals surface area contributed by atoms with Gasteiger partial charge in [0.05, 0.1) is 0 Å². The number of guanidine groups is 2. The first-order chi connectivity index (χ1) is 7.54. The predicted molar refractivity (Wildman–Crippen MR) is 67.7 cm³/mol. The van der Waals surface area contributed by atoms with Crippen LogP contribution in [0.1, 0.15) is 12.5 Å². The monoisotopic (exact) mass is 219 g/mol. The highest BCUT2D eigenvalue weighted by molar-refractivity contribution is 6.01. The van der Waals surface area contributed by atoms with Crippen LogP contribution in [0, 0.1) is 12.3 Å². The summed E-state index contributed by atoms with van der Waals surface area (Å²) in [6.45, 7) is 4.59. The summed E-state index contributed by atoms with van der Waals surface area (Å²) in [5.41, 5.74) is 12.6. The van der Waals surface area contributed by atoms with E-state index < -0.39 is 0 Å². The molecule has 0 saturated heterocycles. The lowest BCUT2D eigenvalue weighted by Crippen LogP contribution is -2.33. The van der Waals surface area contributed by atoms with Crippen LogP contribution in [-0.2, 0) is 0 Å². The average Bonchev–Trinajstić information content (AvgIpc) is 2.21. The summed E-state index contributed by atoms with van der Waals surface area (Å²) in [6.07, 6.45) is 0. The predicted octanol–water partition coefficient (Wildman–Crippen LogP) is 1.03. The molecule has 1 aromatic rings. The van der Waals surface area contributed by atoms with Crippen LogP contribution in [-0.4, -0.2) is 18.5 Å². The summed E-state index contributed by atoms with van der Waals surface area (Å²) < 4.78 is 0. The Morgan fingerprint density at radius 2 is 1.88 bits per heavy atom. The maximum absolute atomic E-state index is 7.75.